The van der Waals surface area contributed by atoms with Crippen molar-refractivity contribution in [1.29, 1.82) is 0 Å². The molecule has 0 saturated heterocycles. The van der Waals surface area contributed by atoms with Crippen molar-refractivity contribution in [3.05, 3.63) is 44.7 Å². The number of rotatable bonds is 1. The molecule has 84 valence electrons. The first-order chi connectivity index (χ1) is 7.52. The Bertz CT molecular complexity index is 627. The van der Waals surface area contributed by atoms with E-state index in [2.05, 4.69) is 0 Å². The molecule has 0 spiro atoms. The average molecular weight is 228 g/mol. The summed E-state index contributed by atoms with van der Waals surface area (Å²) in [5, 5.41) is 3.87. The van der Waals surface area contributed by atoms with Gasteiger partial charge in [-0.05, 0) is 12.1 Å². The smallest absolute Gasteiger partial charge is 0.349 e. The second kappa shape index (κ2) is 3.33. The summed E-state index contributed by atoms with van der Waals surface area (Å²) >= 11 is 0. The van der Waals surface area contributed by atoms with E-state index >= 15 is 0 Å². The van der Waals surface area contributed by atoms with E-state index in [4.69, 9.17) is 5.73 Å². The molecule has 0 aliphatic carbocycles. The summed E-state index contributed by atoms with van der Waals surface area (Å²) < 4.78 is 26.7. The van der Waals surface area contributed by atoms with Crippen molar-refractivity contribution in [2.75, 3.05) is 5.73 Å². The van der Waals surface area contributed by atoms with Gasteiger partial charge in [0.25, 0.3) is 0 Å². The van der Waals surface area contributed by atoms with Crippen molar-refractivity contribution in [3.63, 3.8) is 0 Å². The molecule has 0 atom stereocenters. The predicted octanol–water partition coefficient (Wildman–Crippen LogP) is -0.286. The molecule has 1 heterocycles. The van der Waals surface area contributed by atoms with Crippen LogP contribution in [0.25, 0.3) is 5.69 Å². The first-order valence-corrected chi connectivity index (χ1v) is 4.16. The molecule has 0 radical (unpaired) electrons. The van der Waals surface area contributed by atoms with Crippen molar-refractivity contribution in [2.24, 2.45) is 0 Å². The highest BCUT2D eigenvalue weighted by Gasteiger charge is 2.17. The Morgan fingerprint density at radius 3 is 2.25 bits per heavy atom. The van der Waals surface area contributed by atoms with Crippen LogP contribution in [-0.2, 0) is 0 Å². The van der Waals surface area contributed by atoms with Crippen molar-refractivity contribution in [2.45, 2.75) is 0 Å². The van der Waals surface area contributed by atoms with E-state index < -0.39 is 28.7 Å². The largest absolute Gasteiger partial charge is 0.397 e. The van der Waals surface area contributed by atoms with Crippen LogP contribution in [0.2, 0.25) is 0 Å². The zero-order valence-corrected chi connectivity index (χ0v) is 7.75. The van der Waals surface area contributed by atoms with Crippen LogP contribution < -0.4 is 17.1 Å². The summed E-state index contributed by atoms with van der Waals surface area (Å²) in [4.78, 5) is 22.4. The molecule has 0 bridgehead atoms. The number of benzene rings is 1. The topological polar surface area (TPSA) is 96.7 Å². The van der Waals surface area contributed by atoms with Gasteiger partial charge < -0.3 is 5.73 Å². The lowest BCUT2D eigenvalue weighted by Crippen LogP contribution is -2.26. The van der Waals surface area contributed by atoms with Gasteiger partial charge in [0.15, 0.2) is 11.6 Å². The molecule has 6 nitrogen and oxygen atoms in total. The van der Waals surface area contributed by atoms with Gasteiger partial charge in [-0.25, -0.2) is 33.1 Å². The summed E-state index contributed by atoms with van der Waals surface area (Å²) in [6, 6.07) is 1.87. The molecule has 0 saturated carbocycles. The molecule has 8 heteroatoms. The fourth-order valence-electron chi connectivity index (χ4n) is 1.30. The van der Waals surface area contributed by atoms with Gasteiger partial charge in [0.05, 0.1) is 5.69 Å². The second-order valence-electron chi connectivity index (χ2n) is 2.99. The van der Waals surface area contributed by atoms with Gasteiger partial charge in [-0.2, -0.15) is 0 Å². The summed E-state index contributed by atoms with van der Waals surface area (Å²) in [5.74, 6) is -2.55. The number of hydrogen-bond donors (Lipinski definition) is 3. The third-order valence-electron chi connectivity index (χ3n) is 2.01. The third kappa shape index (κ3) is 1.31. The van der Waals surface area contributed by atoms with Crippen LogP contribution in [0.4, 0.5) is 14.5 Å². The van der Waals surface area contributed by atoms with Gasteiger partial charge in [0.2, 0.25) is 0 Å². The van der Waals surface area contributed by atoms with Gasteiger partial charge in [-0.3, -0.25) is 0 Å². The number of nitrogens with two attached hydrogens (primary N) is 1. The maximum atomic E-state index is 13.4. The van der Waals surface area contributed by atoms with Crippen molar-refractivity contribution in [3.8, 4) is 5.69 Å². The minimum atomic E-state index is -1.35. The SMILES string of the molecule is Nc1ccc(F)c(F)c1-n1c(=O)[nH][nH]c1=O. The van der Waals surface area contributed by atoms with Crippen molar-refractivity contribution in [1.82, 2.24) is 14.8 Å². The number of hydrogen-bond acceptors (Lipinski definition) is 3. The Labute approximate surface area is 86.3 Å². The minimum Gasteiger partial charge on any atom is -0.397 e. The highest BCUT2D eigenvalue weighted by atomic mass is 19.2. The third-order valence-corrected chi connectivity index (χ3v) is 2.01. The van der Waals surface area contributed by atoms with E-state index in [1.807, 2.05) is 10.2 Å². The number of nitrogens with one attached hydrogen (secondary N) is 2. The summed E-state index contributed by atoms with van der Waals surface area (Å²) in [7, 11) is 0. The predicted molar refractivity (Wildman–Crippen MR) is 51.3 cm³/mol. The summed E-state index contributed by atoms with van der Waals surface area (Å²) in [6.45, 7) is 0. The Morgan fingerprint density at radius 1 is 1.12 bits per heavy atom. The fourth-order valence-corrected chi connectivity index (χ4v) is 1.30. The maximum Gasteiger partial charge on any atom is 0.349 e. The molecule has 0 amide bonds. The molecule has 16 heavy (non-hydrogen) atoms. The maximum absolute atomic E-state index is 13.4. The van der Waals surface area contributed by atoms with Crippen LogP contribution in [0.15, 0.2) is 21.7 Å². The van der Waals surface area contributed by atoms with Gasteiger partial charge in [0.1, 0.15) is 5.69 Å². The molecule has 2 aromatic rings. The number of nitrogens with zero attached hydrogens (tertiary/aromatic N) is 1. The number of H-pyrrole nitrogens is 2. The first kappa shape index (κ1) is 10.1. The monoisotopic (exact) mass is 228 g/mol. The van der Waals surface area contributed by atoms with E-state index in [0.29, 0.717) is 4.57 Å². The molecule has 2 rings (SSSR count). The molecule has 1 aromatic heterocycles. The van der Waals surface area contributed by atoms with Gasteiger partial charge >= 0.3 is 11.4 Å². The second-order valence-corrected chi connectivity index (χ2v) is 2.99. The number of aromatic nitrogens is 3. The highest BCUT2D eigenvalue weighted by molar-refractivity contribution is 5.58. The zero-order valence-electron chi connectivity index (χ0n) is 7.75. The molecule has 0 fully saturated rings. The van der Waals surface area contributed by atoms with E-state index in [1.54, 1.807) is 0 Å². The first-order valence-electron chi connectivity index (χ1n) is 4.16. The quantitative estimate of drug-likeness (QED) is 0.585. The Kier molecular flexibility index (Phi) is 2.11. The van der Waals surface area contributed by atoms with Crippen LogP contribution in [0.5, 0.6) is 0 Å². The lowest BCUT2D eigenvalue weighted by atomic mass is 10.2. The highest BCUT2D eigenvalue weighted by Crippen LogP contribution is 2.20. The number of halogens is 2. The van der Waals surface area contributed by atoms with Crippen LogP contribution in [-0.4, -0.2) is 14.8 Å². The van der Waals surface area contributed by atoms with Gasteiger partial charge in [-0.15, -0.1) is 0 Å². The molecule has 1 aromatic carbocycles. The Balaban J connectivity index is 2.89. The number of nitrogen functional groups attached to an aromatic ring is 1. The molecule has 0 aliphatic heterocycles. The van der Waals surface area contributed by atoms with Crippen LogP contribution >= 0.6 is 0 Å². The Hall–Kier alpha value is -2.38. The lowest BCUT2D eigenvalue weighted by molar-refractivity contribution is 0.503. The van der Waals surface area contributed by atoms with E-state index in [-0.39, 0.29) is 5.69 Å². The minimum absolute atomic E-state index is 0.217. The lowest BCUT2D eigenvalue weighted by Gasteiger charge is -2.05. The zero-order chi connectivity index (χ0) is 11.9. The summed E-state index contributed by atoms with van der Waals surface area (Å²) in [5.41, 5.74) is 2.71. The van der Waals surface area contributed by atoms with E-state index in [1.165, 1.54) is 0 Å². The average Bonchev–Trinajstić information content (AvgIpc) is 2.56. The molecular formula is C8H6F2N4O2. The van der Waals surface area contributed by atoms with Gasteiger partial charge in [-0.1, -0.05) is 0 Å². The van der Waals surface area contributed by atoms with Crippen LogP contribution in [0, 0.1) is 11.6 Å². The standard InChI is InChI=1S/C8H6F2N4O2/c9-3-1-2-4(11)6(5(3)10)14-7(15)12-13-8(14)16/h1-2H,11H2,(H,12,15)(H,13,16). The molecular weight excluding hydrogens is 222 g/mol. The number of aromatic amines is 2. The van der Waals surface area contributed by atoms with Crippen LogP contribution in [0.1, 0.15) is 0 Å². The van der Waals surface area contributed by atoms with Crippen molar-refractivity contribution < 1.29 is 8.78 Å². The Morgan fingerprint density at radius 2 is 1.69 bits per heavy atom. The van der Waals surface area contributed by atoms with Crippen LogP contribution in [0.3, 0.4) is 0 Å². The van der Waals surface area contributed by atoms with Gasteiger partial charge in [0, 0.05) is 0 Å². The van der Waals surface area contributed by atoms with E-state index in [0.717, 1.165) is 12.1 Å². The molecule has 0 aliphatic rings. The summed E-state index contributed by atoms with van der Waals surface area (Å²) in [6.07, 6.45) is 0. The van der Waals surface area contributed by atoms with Crippen molar-refractivity contribution >= 4 is 5.69 Å². The normalized spacial score (nSPS) is 10.6. The van der Waals surface area contributed by atoms with E-state index in [9.17, 15) is 18.4 Å². The number of anilines is 1. The molecule has 4 N–H and O–H groups in total. The molecule has 0 unspecified atom stereocenters. The fraction of sp³-hybridized carbons (Fsp3) is 0.